The molecule has 0 unspecified atom stereocenters. The first-order chi connectivity index (χ1) is 16.0. The molecule has 1 N–H and O–H groups in total. The van der Waals surface area contributed by atoms with Crippen molar-refractivity contribution < 1.29 is 14.3 Å². The Morgan fingerprint density at radius 3 is 2.70 bits per heavy atom. The van der Waals surface area contributed by atoms with Gasteiger partial charge in [-0.3, -0.25) is 9.59 Å². The molecule has 0 saturated carbocycles. The number of benzene rings is 3. The van der Waals surface area contributed by atoms with Gasteiger partial charge in [0.1, 0.15) is 12.4 Å². The Balaban J connectivity index is 1.31. The molecule has 1 aliphatic heterocycles. The zero-order valence-electron chi connectivity index (χ0n) is 17.6. The number of ether oxygens (including phenoxy) is 1. The molecule has 3 aromatic carbocycles. The van der Waals surface area contributed by atoms with E-state index in [4.69, 9.17) is 27.9 Å². The third-order valence-corrected chi connectivity index (χ3v) is 5.81. The van der Waals surface area contributed by atoms with Crippen molar-refractivity contribution in [3.63, 3.8) is 0 Å². The lowest BCUT2D eigenvalue weighted by Gasteiger charge is -2.16. The molecule has 1 aliphatic rings. The highest BCUT2D eigenvalue weighted by Gasteiger charge is 2.34. The van der Waals surface area contributed by atoms with Crippen LogP contribution in [0.1, 0.15) is 17.5 Å². The van der Waals surface area contributed by atoms with Crippen molar-refractivity contribution in [3.05, 3.63) is 94.0 Å². The molecule has 1 atom stereocenters. The number of nitrogens with zero attached hydrogens (tertiary/aromatic N) is 2. The summed E-state index contributed by atoms with van der Waals surface area (Å²) in [6.45, 7) is 0.627. The monoisotopic (exact) mass is 481 g/mol. The molecular weight excluding hydrogens is 461 g/mol. The molecule has 0 aromatic heterocycles. The summed E-state index contributed by atoms with van der Waals surface area (Å²) in [6.07, 6.45) is 1.69. The van der Waals surface area contributed by atoms with Gasteiger partial charge in [0, 0.05) is 34.3 Å². The van der Waals surface area contributed by atoms with E-state index in [1.165, 1.54) is 6.21 Å². The molecule has 33 heavy (non-hydrogen) atoms. The highest BCUT2D eigenvalue weighted by atomic mass is 35.5. The molecule has 1 fully saturated rings. The molecular formula is C25H21Cl2N3O3. The minimum atomic E-state index is -0.450. The van der Waals surface area contributed by atoms with Crippen LogP contribution in [0, 0.1) is 5.92 Å². The van der Waals surface area contributed by atoms with Crippen molar-refractivity contribution in [2.24, 2.45) is 11.0 Å². The largest absolute Gasteiger partial charge is 0.489 e. The molecule has 1 heterocycles. The summed E-state index contributed by atoms with van der Waals surface area (Å²) < 4.78 is 5.81. The van der Waals surface area contributed by atoms with Crippen LogP contribution >= 0.6 is 23.2 Å². The molecule has 0 bridgehead atoms. The number of para-hydroxylation sites is 1. The van der Waals surface area contributed by atoms with E-state index in [-0.39, 0.29) is 18.2 Å². The topological polar surface area (TPSA) is 71.0 Å². The van der Waals surface area contributed by atoms with Crippen molar-refractivity contribution >= 4 is 46.9 Å². The van der Waals surface area contributed by atoms with Crippen molar-refractivity contribution in [2.75, 3.05) is 11.4 Å². The number of hydrogen-bond donors (Lipinski definition) is 1. The Hall–Kier alpha value is -3.35. The number of carbonyl (C=O) groups is 2. The van der Waals surface area contributed by atoms with E-state index < -0.39 is 5.92 Å². The lowest BCUT2D eigenvalue weighted by molar-refractivity contribution is -0.126. The van der Waals surface area contributed by atoms with Crippen LogP contribution in [0.3, 0.4) is 0 Å². The van der Waals surface area contributed by atoms with Crippen LogP contribution < -0.4 is 15.1 Å². The summed E-state index contributed by atoms with van der Waals surface area (Å²) in [7, 11) is 0. The fraction of sp³-hybridized carbons (Fsp3) is 0.160. The van der Waals surface area contributed by atoms with Gasteiger partial charge in [-0.25, -0.2) is 5.43 Å². The predicted octanol–water partition coefficient (Wildman–Crippen LogP) is 5.08. The third kappa shape index (κ3) is 5.92. The molecule has 0 radical (unpaired) electrons. The van der Waals surface area contributed by atoms with E-state index in [1.54, 1.807) is 23.1 Å². The Morgan fingerprint density at radius 1 is 1.09 bits per heavy atom. The molecule has 0 spiro atoms. The number of hydrazone groups is 1. The number of halogens is 2. The number of amides is 2. The zero-order chi connectivity index (χ0) is 23.2. The maximum atomic E-state index is 12.5. The Kier molecular flexibility index (Phi) is 7.27. The van der Waals surface area contributed by atoms with Gasteiger partial charge in [0.25, 0.3) is 0 Å². The summed E-state index contributed by atoms with van der Waals surface area (Å²) in [6, 6.07) is 21.9. The quantitative estimate of drug-likeness (QED) is 0.378. The lowest BCUT2D eigenvalue weighted by atomic mass is 10.1. The van der Waals surface area contributed by atoms with E-state index in [0.717, 1.165) is 16.8 Å². The second-order valence-corrected chi connectivity index (χ2v) is 8.42. The van der Waals surface area contributed by atoms with Crippen LogP contribution in [-0.4, -0.2) is 24.6 Å². The standard InChI is InChI=1S/C25H21Cl2N3O3/c26-20-10-9-18(23(27)13-20)16-33-22-8-4-5-17(11-22)14-28-29-25(32)19-12-24(31)30(15-19)21-6-2-1-3-7-21/h1-11,13-14,19H,12,15-16H2,(H,29,32)/b28-14-/t19-/m0/s1. The number of hydrogen-bond acceptors (Lipinski definition) is 4. The van der Waals surface area contributed by atoms with Gasteiger partial charge in [-0.1, -0.05) is 59.6 Å². The van der Waals surface area contributed by atoms with E-state index in [2.05, 4.69) is 10.5 Å². The average Bonchev–Trinajstić information content (AvgIpc) is 3.21. The summed E-state index contributed by atoms with van der Waals surface area (Å²) in [5.74, 6) is -0.177. The van der Waals surface area contributed by atoms with Crippen molar-refractivity contribution in [2.45, 2.75) is 13.0 Å². The summed E-state index contributed by atoms with van der Waals surface area (Å²) in [4.78, 5) is 26.4. The fourth-order valence-electron chi connectivity index (χ4n) is 3.49. The SMILES string of the molecule is O=C(N/N=C\c1cccc(OCc2ccc(Cl)cc2Cl)c1)[C@H]1CC(=O)N(c2ccccc2)C1. The smallest absolute Gasteiger partial charge is 0.245 e. The van der Waals surface area contributed by atoms with E-state index in [1.807, 2.05) is 54.6 Å². The van der Waals surface area contributed by atoms with Crippen LogP contribution in [-0.2, 0) is 16.2 Å². The normalized spacial score (nSPS) is 15.8. The van der Waals surface area contributed by atoms with Crippen LogP contribution in [0.25, 0.3) is 0 Å². The highest BCUT2D eigenvalue weighted by Crippen LogP contribution is 2.25. The lowest BCUT2D eigenvalue weighted by Crippen LogP contribution is -2.30. The molecule has 4 rings (SSSR count). The Bertz CT molecular complexity index is 1180. The van der Waals surface area contributed by atoms with Crippen LogP contribution in [0.15, 0.2) is 77.9 Å². The maximum Gasteiger partial charge on any atom is 0.245 e. The van der Waals surface area contributed by atoms with Crippen LogP contribution in [0.4, 0.5) is 5.69 Å². The Labute approximate surface area is 201 Å². The molecule has 6 nitrogen and oxygen atoms in total. The first-order valence-electron chi connectivity index (χ1n) is 10.3. The van der Waals surface area contributed by atoms with Gasteiger partial charge in [0.15, 0.2) is 0 Å². The van der Waals surface area contributed by atoms with E-state index in [9.17, 15) is 9.59 Å². The zero-order valence-corrected chi connectivity index (χ0v) is 19.1. The highest BCUT2D eigenvalue weighted by molar-refractivity contribution is 6.35. The Morgan fingerprint density at radius 2 is 1.91 bits per heavy atom. The van der Waals surface area contributed by atoms with Crippen LogP contribution in [0.5, 0.6) is 5.75 Å². The second kappa shape index (κ2) is 10.5. The fourth-order valence-corrected chi connectivity index (χ4v) is 3.95. The summed E-state index contributed by atoms with van der Waals surface area (Å²) in [5.41, 5.74) is 4.90. The van der Waals surface area contributed by atoms with Gasteiger partial charge < -0.3 is 9.64 Å². The minimum absolute atomic E-state index is 0.0732. The molecule has 0 aliphatic carbocycles. The molecule has 8 heteroatoms. The van der Waals surface area contributed by atoms with Crippen molar-refractivity contribution in [1.82, 2.24) is 5.43 Å². The van der Waals surface area contributed by atoms with Gasteiger partial charge in [-0.05, 0) is 42.0 Å². The van der Waals surface area contributed by atoms with Gasteiger partial charge in [0.05, 0.1) is 12.1 Å². The van der Waals surface area contributed by atoms with Gasteiger partial charge >= 0.3 is 0 Å². The summed E-state index contributed by atoms with van der Waals surface area (Å²) in [5, 5.41) is 5.16. The maximum absolute atomic E-state index is 12.5. The van der Waals surface area contributed by atoms with Crippen molar-refractivity contribution in [1.29, 1.82) is 0 Å². The van der Waals surface area contributed by atoms with Crippen molar-refractivity contribution in [3.8, 4) is 5.75 Å². The molecule has 1 saturated heterocycles. The van der Waals surface area contributed by atoms with Gasteiger partial charge in [0.2, 0.25) is 11.8 Å². The predicted molar refractivity (Wildman–Crippen MR) is 130 cm³/mol. The molecule has 3 aromatic rings. The van der Waals surface area contributed by atoms with E-state index >= 15 is 0 Å². The van der Waals surface area contributed by atoms with Gasteiger partial charge in [-0.15, -0.1) is 0 Å². The minimum Gasteiger partial charge on any atom is -0.489 e. The third-order valence-electron chi connectivity index (χ3n) is 5.22. The first-order valence-corrected chi connectivity index (χ1v) is 11.1. The number of carbonyl (C=O) groups excluding carboxylic acids is 2. The number of rotatable bonds is 7. The van der Waals surface area contributed by atoms with E-state index in [0.29, 0.717) is 28.9 Å². The first kappa shape index (κ1) is 22.8. The molecule has 168 valence electrons. The number of nitrogens with one attached hydrogen (secondary N) is 1. The average molecular weight is 482 g/mol. The second-order valence-electron chi connectivity index (χ2n) is 7.57. The van der Waals surface area contributed by atoms with Gasteiger partial charge in [-0.2, -0.15) is 5.10 Å². The number of anilines is 1. The summed E-state index contributed by atoms with van der Waals surface area (Å²) >= 11 is 12.1. The van der Waals surface area contributed by atoms with Crippen LogP contribution in [0.2, 0.25) is 10.0 Å². The molecule has 2 amide bonds.